The van der Waals surface area contributed by atoms with Crippen molar-refractivity contribution in [2.75, 3.05) is 13.6 Å². The molecular formula is C6H13N4+. The van der Waals surface area contributed by atoms with Gasteiger partial charge in [0.15, 0.2) is 0 Å². The van der Waals surface area contributed by atoms with Crippen LogP contribution < -0.4 is 5.53 Å². The molecule has 0 atom stereocenters. The Morgan fingerprint density at radius 3 is 2.90 bits per heavy atom. The molecule has 0 aliphatic carbocycles. The summed E-state index contributed by atoms with van der Waals surface area (Å²) in [7, 11) is 1.85. The maximum Gasteiger partial charge on any atom is 0.431 e. The Labute approximate surface area is 61.1 Å². The van der Waals surface area contributed by atoms with E-state index < -0.39 is 0 Å². The highest BCUT2D eigenvalue weighted by molar-refractivity contribution is 4.85. The van der Waals surface area contributed by atoms with Gasteiger partial charge in [-0.15, -0.1) is 5.01 Å². The zero-order valence-corrected chi connectivity index (χ0v) is 6.46. The molecule has 1 N–H and O–H groups in total. The first-order chi connectivity index (χ1) is 4.83. The van der Waals surface area contributed by atoms with Gasteiger partial charge in [0, 0.05) is 0 Å². The molecule has 0 aromatic rings. The quantitative estimate of drug-likeness (QED) is 0.584. The van der Waals surface area contributed by atoms with Crippen molar-refractivity contribution in [2.45, 2.75) is 19.8 Å². The van der Waals surface area contributed by atoms with Crippen LogP contribution in [0, 0.1) is 6.19 Å². The third kappa shape index (κ3) is 1.78. The molecule has 4 nitrogen and oxygen atoms in total. The van der Waals surface area contributed by atoms with E-state index in [0.717, 1.165) is 6.54 Å². The van der Waals surface area contributed by atoms with Gasteiger partial charge in [-0.1, -0.05) is 13.3 Å². The summed E-state index contributed by atoms with van der Waals surface area (Å²) in [6.45, 7) is 3.14. The van der Waals surface area contributed by atoms with Crippen LogP contribution in [0.25, 0.3) is 4.95 Å². The van der Waals surface area contributed by atoms with Gasteiger partial charge in [-0.05, 0) is 22.0 Å². The van der Waals surface area contributed by atoms with Crippen LogP contribution in [0.3, 0.4) is 0 Å². The average Bonchev–Trinajstić information content (AvgIpc) is 2.31. The smallest absolute Gasteiger partial charge is 0.106 e. The first-order valence-corrected chi connectivity index (χ1v) is 3.56. The van der Waals surface area contributed by atoms with Gasteiger partial charge in [-0.25, -0.2) is 0 Å². The summed E-state index contributed by atoms with van der Waals surface area (Å²) in [6, 6.07) is 0. The van der Waals surface area contributed by atoms with E-state index in [1.54, 1.807) is 5.12 Å². The normalized spacial score (nSPS) is 15.4. The van der Waals surface area contributed by atoms with E-state index in [4.69, 9.17) is 0 Å². The molecule has 0 aromatic heterocycles. The van der Waals surface area contributed by atoms with Crippen molar-refractivity contribution in [3.05, 3.63) is 4.95 Å². The van der Waals surface area contributed by atoms with Crippen LogP contribution in [0.15, 0.2) is 0 Å². The van der Waals surface area contributed by atoms with Crippen molar-refractivity contribution in [3.8, 4) is 6.19 Å². The molecule has 0 spiro atoms. The summed E-state index contributed by atoms with van der Waals surface area (Å²) in [5, 5.41) is 3.49. The monoisotopic (exact) mass is 141 g/mol. The molecule has 0 amide bonds. The fourth-order valence-corrected chi connectivity index (χ4v) is 0.757. The molecule has 56 valence electrons. The van der Waals surface area contributed by atoms with Crippen molar-refractivity contribution in [1.82, 2.24) is 15.7 Å². The fraction of sp³-hybridized carbons (Fsp3) is 0.833. The van der Waals surface area contributed by atoms with Crippen LogP contribution >= 0.6 is 0 Å². The Morgan fingerprint density at radius 1 is 1.60 bits per heavy atom. The number of hydrogen-bond acceptors (Lipinski definition) is 3. The minimum atomic E-state index is 0.977. The van der Waals surface area contributed by atoms with E-state index in [0.29, 0.717) is 0 Å². The lowest BCUT2D eigenvalue weighted by molar-refractivity contribution is 0.160. The zero-order valence-electron chi connectivity index (χ0n) is 6.46. The van der Waals surface area contributed by atoms with Crippen LogP contribution in [0.1, 0.15) is 19.8 Å². The van der Waals surface area contributed by atoms with Crippen molar-refractivity contribution in [2.24, 2.45) is 0 Å². The number of nitrogens with one attached hydrogen (secondary N) is 1. The van der Waals surface area contributed by atoms with Crippen LogP contribution in [0.4, 0.5) is 0 Å². The van der Waals surface area contributed by atoms with Crippen molar-refractivity contribution in [3.63, 3.8) is 0 Å². The molecule has 0 bridgehead atoms. The van der Waals surface area contributed by atoms with E-state index in [1.165, 1.54) is 12.8 Å². The second-order valence-electron chi connectivity index (χ2n) is 2.33. The van der Waals surface area contributed by atoms with E-state index in [1.807, 2.05) is 12.1 Å². The van der Waals surface area contributed by atoms with E-state index >= 15 is 0 Å². The van der Waals surface area contributed by atoms with Crippen molar-refractivity contribution >= 4 is 0 Å². The summed E-state index contributed by atoms with van der Waals surface area (Å²) in [5.41, 5.74) is 2.98. The van der Waals surface area contributed by atoms with Crippen LogP contribution in [-0.2, 0) is 0 Å². The van der Waals surface area contributed by atoms with Crippen molar-refractivity contribution < 1.29 is 0 Å². The van der Waals surface area contributed by atoms with Gasteiger partial charge >= 0.3 is 6.19 Å². The maximum atomic E-state index is 3.87. The minimum absolute atomic E-state index is 0.977. The molecule has 4 heteroatoms. The topological polar surface area (TPSA) is 22.9 Å². The molecule has 10 heavy (non-hydrogen) atoms. The average molecular weight is 141 g/mol. The van der Waals surface area contributed by atoms with Crippen LogP contribution in [-0.4, -0.2) is 23.7 Å². The van der Waals surface area contributed by atoms with Gasteiger partial charge in [-0.2, -0.15) is 0 Å². The predicted octanol–water partition coefficient (Wildman–Crippen LogP) is 0.659. The molecule has 0 unspecified atom stereocenters. The molecule has 0 fully saturated rings. The third-order valence-electron chi connectivity index (χ3n) is 1.32. The zero-order chi connectivity index (χ0) is 7.40. The molecule has 0 aromatic carbocycles. The molecule has 1 aliphatic heterocycles. The summed E-state index contributed by atoms with van der Waals surface area (Å²) >= 11 is 0. The van der Waals surface area contributed by atoms with Gasteiger partial charge in [0.05, 0.1) is 7.05 Å². The number of hydrogen-bond donors (Lipinski definition) is 1. The molecule has 0 radical (unpaired) electrons. The van der Waals surface area contributed by atoms with Gasteiger partial charge < -0.3 is 0 Å². The van der Waals surface area contributed by atoms with E-state index in [-0.39, 0.29) is 0 Å². The Morgan fingerprint density at radius 2 is 2.40 bits per heavy atom. The lowest BCUT2D eigenvalue weighted by atomic mass is 10.3. The van der Waals surface area contributed by atoms with Gasteiger partial charge in [0.1, 0.15) is 6.54 Å². The predicted molar refractivity (Wildman–Crippen MR) is 39.8 cm³/mol. The van der Waals surface area contributed by atoms with E-state index in [9.17, 15) is 0 Å². The molecule has 1 rings (SSSR count). The maximum absolute atomic E-state index is 3.87. The molecule has 0 saturated carbocycles. The number of rotatable bonds is 3. The standard InChI is InChI=1S/C6H13N4/c1-3-4-5-10-6-7-9(2)8-10/h8H,3-5H2,1-2H3/q+1. The largest absolute Gasteiger partial charge is 0.431 e. The molecule has 0 saturated heterocycles. The summed E-state index contributed by atoms with van der Waals surface area (Å²) in [5.74, 6) is 0. The Bertz CT molecular complexity index is 157. The Kier molecular flexibility index (Phi) is 2.35. The summed E-state index contributed by atoms with van der Waals surface area (Å²) in [6.07, 6.45) is 5.18. The lowest BCUT2D eigenvalue weighted by Crippen LogP contribution is -2.38. The highest BCUT2D eigenvalue weighted by Gasteiger charge is 2.18. The minimum Gasteiger partial charge on any atom is -0.106 e. The number of unbranched alkanes of at least 4 members (excludes halogenated alkanes) is 1. The van der Waals surface area contributed by atoms with Gasteiger partial charge in [-0.3, -0.25) is 0 Å². The summed E-state index contributed by atoms with van der Waals surface area (Å²) in [4.78, 5) is 3.87. The Hall–Kier alpha value is -0.950. The fourth-order valence-electron chi connectivity index (χ4n) is 0.757. The highest BCUT2D eigenvalue weighted by atomic mass is 15.9. The number of nitrogens with zero attached hydrogens (tertiary/aromatic N) is 3. The summed E-state index contributed by atoms with van der Waals surface area (Å²) < 4.78 is 0. The van der Waals surface area contributed by atoms with Gasteiger partial charge in [0.25, 0.3) is 0 Å². The Balaban J connectivity index is 2.16. The number of hydrazine groups is 2. The van der Waals surface area contributed by atoms with E-state index in [2.05, 4.69) is 23.6 Å². The SMILES string of the molecule is CCCCN1C#[N+]N(C)N1. The third-order valence-corrected chi connectivity index (χ3v) is 1.32. The first kappa shape index (κ1) is 7.16. The van der Waals surface area contributed by atoms with Crippen LogP contribution in [0.2, 0.25) is 0 Å². The second kappa shape index (κ2) is 3.28. The first-order valence-electron chi connectivity index (χ1n) is 3.56. The van der Waals surface area contributed by atoms with Gasteiger partial charge in [0.2, 0.25) is 0 Å². The second-order valence-corrected chi connectivity index (χ2v) is 2.33. The lowest BCUT2D eigenvalue weighted by Gasteiger charge is -2.03. The van der Waals surface area contributed by atoms with Crippen LogP contribution in [0.5, 0.6) is 0 Å². The highest BCUT2D eigenvalue weighted by Crippen LogP contribution is 1.95. The van der Waals surface area contributed by atoms with Crippen molar-refractivity contribution in [1.29, 1.82) is 0 Å². The molecular weight excluding hydrogens is 128 g/mol. The molecule has 1 heterocycles. The molecule has 1 aliphatic rings.